The Labute approximate surface area is 110 Å². The van der Waals surface area contributed by atoms with Crippen LogP contribution in [0.3, 0.4) is 0 Å². The molecule has 0 aliphatic carbocycles. The summed E-state index contributed by atoms with van der Waals surface area (Å²) >= 11 is 0. The third kappa shape index (κ3) is 3.19. The molecule has 0 radical (unpaired) electrons. The first kappa shape index (κ1) is 12.8. The van der Waals surface area contributed by atoms with Crippen molar-refractivity contribution in [2.45, 2.75) is 13.5 Å². The lowest BCUT2D eigenvalue weighted by Gasteiger charge is -2.08. The van der Waals surface area contributed by atoms with Crippen molar-refractivity contribution in [3.63, 3.8) is 0 Å². The Morgan fingerprint density at radius 2 is 2.11 bits per heavy atom. The Morgan fingerprint density at radius 1 is 1.32 bits per heavy atom. The average molecular weight is 255 g/mol. The van der Waals surface area contributed by atoms with E-state index in [1.165, 1.54) is 10.7 Å². The van der Waals surface area contributed by atoms with Crippen LogP contribution in [0.1, 0.15) is 11.3 Å². The Balaban J connectivity index is 2.03. The van der Waals surface area contributed by atoms with Gasteiger partial charge in [-0.05, 0) is 25.1 Å². The van der Waals surface area contributed by atoms with Crippen molar-refractivity contribution in [3.8, 4) is 11.8 Å². The van der Waals surface area contributed by atoms with Crippen LogP contribution in [0.2, 0.25) is 0 Å². The molecule has 0 bridgehead atoms. The highest BCUT2D eigenvalue weighted by Crippen LogP contribution is 2.16. The molecule has 0 unspecified atom stereocenters. The number of para-hydroxylation sites is 1. The lowest BCUT2D eigenvalue weighted by atomic mass is 10.2. The number of nitrogens with zero attached hydrogens (tertiary/aromatic N) is 3. The van der Waals surface area contributed by atoms with Gasteiger partial charge in [-0.15, -0.1) is 0 Å². The number of aryl methyl sites for hydroxylation is 1. The molecule has 2 aromatic rings. The summed E-state index contributed by atoms with van der Waals surface area (Å²) in [5.74, 6) is 0.519. The van der Waals surface area contributed by atoms with Gasteiger partial charge in [-0.25, -0.2) is 4.68 Å². The van der Waals surface area contributed by atoms with Gasteiger partial charge in [0, 0.05) is 6.07 Å². The molecule has 96 valence electrons. The third-order valence-electron chi connectivity index (χ3n) is 2.57. The van der Waals surface area contributed by atoms with Crippen molar-refractivity contribution < 1.29 is 4.74 Å². The molecule has 0 fully saturated rings. The van der Waals surface area contributed by atoms with E-state index in [0.29, 0.717) is 17.9 Å². The Bertz CT molecular complexity index is 671. The molecule has 2 rings (SSSR count). The molecule has 1 aromatic heterocycles. The first-order valence-electron chi connectivity index (χ1n) is 5.87. The highest BCUT2D eigenvalue weighted by atomic mass is 16.5. The molecule has 0 spiro atoms. The van der Waals surface area contributed by atoms with E-state index >= 15 is 0 Å². The summed E-state index contributed by atoms with van der Waals surface area (Å²) in [5, 5.41) is 13.0. The fraction of sp³-hybridized carbons (Fsp3) is 0.214. The normalized spacial score (nSPS) is 9.89. The van der Waals surface area contributed by atoms with Crippen LogP contribution in [-0.2, 0) is 6.54 Å². The zero-order valence-electron chi connectivity index (χ0n) is 10.5. The Kier molecular flexibility index (Phi) is 3.94. The number of aromatic nitrogens is 2. The van der Waals surface area contributed by atoms with E-state index in [1.54, 1.807) is 30.3 Å². The summed E-state index contributed by atoms with van der Waals surface area (Å²) in [6, 6.07) is 12.2. The average Bonchev–Trinajstić information content (AvgIpc) is 2.43. The van der Waals surface area contributed by atoms with Crippen LogP contribution in [-0.4, -0.2) is 16.4 Å². The minimum atomic E-state index is -0.164. The van der Waals surface area contributed by atoms with E-state index in [1.807, 2.05) is 6.92 Å². The monoisotopic (exact) mass is 255 g/mol. The summed E-state index contributed by atoms with van der Waals surface area (Å²) in [7, 11) is 0. The molecule has 1 heterocycles. The fourth-order valence-electron chi connectivity index (χ4n) is 1.64. The molecule has 0 aliphatic heterocycles. The van der Waals surface area contributed by atoms with E-state index in [2.05, 4.69) is 11.2 Å². The summed E-state index contributed by atoms with van der Waals surface area (Å²) in [4.78, 5) is 11.5. The van der Waals surface area contributed by atoms with Crippen molar-refractivity contribution in [1.29, 1.82) is 5.26 Å². The molecule has 0 saturated heterocycles. The van der Waals surface area contributed by atoms with Gasteiger partial charge in [0.05, 0.1) is 17.8 Å². The minimum Gasteiger partial charge on any atom is -0.490 e. The molecular formula is C14H13N3O2. The van der Waals surface area contributed by atoms with Crippen LogP contribution in [0.4, 0.5) is 0 Å². The molecular weight excluding hydrogens is 242 g/mol. The number of hydrogen-bond acceptors (Lipinski definition) is 4. The van der Waals surface area contributed by atoms with Crippen molar-refractivity contribution in [3.05, 3.63) is 58.0 Å². The summed E-state index contributed by atoms with van der Waals surface area (Å²) < 4.78 is 6.86. The van der Waals surface area contributed by atoms with Gasteiger partial charge in [-0.2, -0.15) is 10.4 Å². The quantitative estimate of drug-likeness (QED) is 0.830. The van der Waals surface area contributed by atoms with E-state index in [9.17, 15) is 4.79 Å². The maximum atomic E-state index is 11.5. The molecule has 0 saturated carbocycles. The van der Waals surface area contributed by atoms with E-state index in [-0.39, 0.29) is 12.2 Å². The second-order valence-corrected chi connectivity index (χ2v) is 3.99. The van der Waals surface area contributed by atoms with Gasteiger partial charge in [-0.1, -0.05) is 12.1 Å². The van der Waals surface area contributed by atoms with Crippen LogP contribution in [0.25, 0.3) is 0 Å². The maximum Gasteiger partial charge on any atom is 0.266 e. The topological polar surface area (TPSA) is 67.9 Å². The van der Waals surface area contributed by atoms with Crippen molar-refractivity contribution in [2.24, 2.45) is 0 Å². The first-order valence-corrected chi connectivity index (χ1v) is 5.87. The van der Waals surface area contributed by atoms with Crippen LogP contribution < -0.4 is 10.3 Å². The molecule has 19 heavy (non-hydrogen) atoms. The fourth-order valence-corrected chi connectivity index (χ4v) is 1.64. The SMILES string of the molecule is Cc1ccc(=O)n(CCOc2ccccc2C#N)n1. The van der Waals surface area contributed by atoms with Crippen LogP contribution >= 0.6 is 0 Å². The molecule has 0 atom stereocenters. The van der Waals surface area contributed by atoms with E-state index < -0.39 is 0 Å². The van der Waals surface area contributed by atoms with Gasteiger partial charge < -0.3 is 4.74 Å². The van der Waals surface area contributed by atoms with Crippen molar-refractivity contribution in [2.75, 3.05) is 6.61 Å². The lowest BCUT2D eigenvalue weighted by molar-refractivity contribution is 0.286. The lowest BCUT2D eigenvalue weighted by Crippen LogP contribution is -2.25. The van der Waals surface area contributed by atoms with Gasteiger partial charge >= 0.3 is 0 Å². The second kappa shape index (κ2) is 5.83. The van der Waals surface area contributed by atoms with Gasteiger partial charge in [0.1, 0.15) is 18.4 Å². The number of rotatable bonds is 4. The van der Waals surface area contributed by atoms with Crippen LogP contribution in [0.5, 0.6) is 5.75 Å². The molecule has 0 aliphatic rings. The second-order valence-electron chi connectivity index (χ2n) is 3.99. The summed E-state index contributed by atoms with van der Waals surface area (Å²) in [6.45, 7) is 2.46. The largest absolute Gasteiger partial charge is 0.490 e. The van der Waals surface area contributed by atoms with Crippen LogP contribution in [0, 0.1) is 18.3 Å². The van der Waals surface area contributed by atoms with Crippen LogP contribution in [0.15, 0.2) is 41.2 Å². The highest BCUT2D eigenvalue weighted by molar-refractivity contribution is 5.42. The summed E-state index contributed by atoms with van der Waals surface area (Å²) in [6.07, 6.45) is 0. The van der Waals surface area contributed by atoms with Gasteiger partial charge in [0.15, 0.2) is 0 Å². The van der Waals surface area contributed by atoms with E-state index in [4.69, 9.17) is 10.00 Å². The molecule has 5 heteroatoms. The number of nitriles is 1. The van der Waals surface area contributed by atoms with E-state index in [0.717, 1.165) is 5.69 Å². The van der Waals surface area contributed by atoms with Gasteiger partial charge in [0.2, 0.25) is 0 Å². The highest BCUT2D eigenvalue weighted by Gasteiger charge is 2.02. The van der Waals surface area contributed by atoms with Crippen molar-refractivity contribution in [1.82, 2.24) is 9.78 Å². The minimum absolute atomic E-state index is 0.164. The predicted octanol–water partition coefficient (Wildman–Crippen LogP) is 1.50. The standard InChI is InChI=1S/C14H13N3O2/c1-11-6-7-14(18)17(16-11)8-9-19-13-5-3-2-4-12(13)10-15/h2-7H,8-9H2,1H3. The maximum absolute atomic E-state index is 11.5. The summed E-state index contributed by atoms with van der Waals surface area (Å²) in [5.41, 5.74) is 1.09. The van der Waals surface area contributed by atoms with Crippen molar-refractivity contribution >= 4 is 0 Å². The Hall–Kier alpha value is -2.61. The number of ether oxygens (including phenoxy) is 1. The molecule has 0 N–H and O–H groups in total. The smallest absolute Gasteiger partial charge is 0.266 e. The molecule has 1 aromatic carbocycles. The Morgan fingerprint density at radius 3 is 2.89 bits per heavy atom. The zero-order valence-corrected chi connectivity index (χ0v) is 10.5. The predicted molar refractivity (Wildman–Crippen MR) is 69.9 cm³/mol. The number of hydrogen-bond donors (Lipinski definition) is 0. The molecule has 5 nitrogen and oxygen atoms in total. The van der Waals surface area contributed by atoms with Gasteiger partial charge in [-0.3, -0.25) is 4.79 Å². The third-order valence-corrected chi connectivity index (χ3v) is 2.57. The number of benzene rings is 1. The van der Waals surface area contributed by atoms with Gasteiger partial charge in [0.25, 0.3) is 5.56 Å². The first-order chi connectivity index (χ1) is 9.20. The zero-order chi connectivity index (χ0) is 13.7. The molecule has 0 amide bonds.